The smallest absolute Gasteiger partial charge is 0.241 e. The monoisotopic (exact) mass is 241 g/mol. The molecule has 1 aromatic heterocycles. The van der Waals surface area contributed by atoms with E-state index < -0.39 is 5.54 Å². The number of aromatic nitrogens is 1. The van der Waals surface area contributed by atoms with E-state index in [4.69, 9.17) is 0 Å². The van der Waals surface area contributed by atoms with Gasteiger partial charge in [0.05, 0.1) is 11.6 Å². The van der Waals surface area contributed by atoms with Crippen molar-refractivity contribution in [2.45, 2.75) is 32.4 Å². The molecule has 5 heteroatoms. The van der Waals surface area contributed by atoms with Crippen LogP contribution in [0.3, 0.4) is 0 Å². The third kappa shape index (κ3) is 3.02. The summed E-state index contributed by atoms with van der Waals surface area (Å²) >= 11 is 1.59. The number of hydrogen-bond donors (Lipinski definition) is 1. The molecule has 0 aliphatic carbocycles. The third-order valence-corrected chi connectivity index (χ3v) is 3.30. The lowest BCUT2D eigenvalue weighted by atomic mass is 10.0. The van der Waals surface area contributed by atoms with E-state index in [0.717, 1.165) is 5.01 Å². The van der Waals surface area contributed by atoms with E-state index in [1.165, 1.54) is 0 Å². The molecule has 16 heavy (non-hydrogen) atoms. The van der Waals surface area contributed by atoms with Crippen LogP contribution in [0.2, 0.25) is 0 Å². The van der Waals surface area contributed by atoms with Gasteiger partial charge in [-0.25, -0.2) is 4.98 Å². The van der Waals surface area contributed by atoms with Crippen LogP contribution < -0.4 is 5.32 Å². The lowest BCUT2D eigenvalue weighted by molar-refractivity contribution is -0.134. The quantitative estimate of drug-likeness (QED) is 0.872. The second-order valence-electron chi connectivity index (χ2n) is 4.56. The first-order valence-electron chi connectivity index (χ1n) is 5.23. The molecule has 1 N–H and O–H groups in total. The van der Waals surface area contributed by atoms with Crippen molar-refractivity contribution in [3.8, 4) is 0 Å². The maximum absolute atomic E-state index is 11.9. The molecule has 1 heterocycles. The Hall–Kier alpha value is -0.940. The van der Waals surface area contributed by atoms with Crippen molar-refractivity contribution in [1.29, 1.82) is 0 Å². The van der Waals surface area contributed by atoms with Crippen LogP contribution in [0.4, 0.5) is 0 Å². The van der Waals surface area contributed by atoms with Gasteiger partial charge in [-0.05, 0) is 20.8 Å². The molecule has 0 saturated heterocycles. The van der Waals surface area contributed by atoms with E-state index >= 15 is 0 Å². The van der Waals surface area contributed by atoms with Crippen molar-refractivity contribution >= 4 is 17.2 Å². The average molecular weight is 241 g/mol. The minimum absolute atomic E-state index is 0.0657. The van der Waals surface area contributed by atoms with Gasteiger partial charge in [0.2, 0.25) is 5.91 Å². The number of carbonyl (C=O) groups is 1. The molecule has 0 aliphatic rings. The largest absolute Gasteiger partial charge is 0.347 e. The summed E-state index contributed by atoms with van der Waals surface area (Å²) < 4.78 is 0. The van der Waals surface area contributed by atoms with Crippen molar-refractivity contribution in [2.75, 3.05) is 14.1 Å². The Bertz CT molecular complexity index is 346. The molecule has 0 radical (unpaired) electrons. The second-order valence-corrected chi connectivity index (χ2v) is 5.49. The SMILES string of the molecule is CC(NC(C)(C)C(=O)N(C)C)c1nccs1. The molecule has 1 rings (SSSR count). The van der Waals surface area contributed by atoms with Crippen LogP contribution in [0, 0.1) is 0 Å². The zero-order valence-electron chi connectivity index (χ0n) is 10.4. The highest BCUT2D eigenvalue weighted by molar-refractivity contribution is 7.09. The minimum atomic E-state index is -0.575. The molecule has 4 nitrogen and oxygen atoms in total. The van der Waals surface area contributed by atoms with Crippen LogP contribution in [-0.4, -0.2) is 35.4 Å². The predicted octanol–water partition coefficient (Wildman–Crippen LogP) is 1.66. The fourth-order valence-corrected chi connectivity index (χ4v) is 2.32. The van der Waals surface area contributed by atoms with Crippen LogP contribution in [0.25, 0.3) is 0 Å². The topological polar surface area (TPSA) is 45.2 Å². The molecule has 0 fully saturated rings. The molecule has 90 valence electrons. The van der Waals surface area contributed by atoms with Gasteiger partial charge in [-0.2, -0.15) is 0 Å². The van der Waals surface area contributed by atoms with Gasteiger partial charge in [-0.15, -0.1) is 11.3 Å². The van der Waals surface area contributed by atoms with Crippen LogP contribution in [0.15, 0.2) is 11.6 Å². The summed E-state index contributed by atoms with van der Waals surface area (Å²) in [5.74, 6) is 0.0657. The lowest BCUT2D eigenvalue weighted by Gasteiger charge is -2.30. The van der Waals surface area contributed by atoms with Gasteiger partial charge in [0.25, 0.3) is 0 Å². The molecule has 0 spiro atoms. The fourth-order valence-electron chi connectivity index (χ4n) is 1.67. The summed E-state index contributed by atoms with van der Waals surface area (Å²) in [5, 5.41) is 6.23. The number of amides is 1. The lowest BCUT2D eigenvalue weighted by Crippen LogP contribution is -2.52. The molecule has 0 saturated carbocycles. The van der Waals surface area contributed by atoms with E-state index in [0.29, 0.717) is 0 Å². The van der Waals surface area contributed by atoms with Crippen molar-refractivity contribution in [3.05, 3.63) is 16.6 Å². The third-order valence-electron chi connectivity index (χ3n) is 2.34. The van der Waals surface area contributed by atoms with Crippen LogP contribution in [0.5, 0.6) is 0 Å². The highest BCUT2D eigenvalue weighted by atomic mass is 32.1. The minimum Gasteiger partial charge on any atom is -0.347 e. The van der Waals surface area contributed by atoms with Gasteiger partial charge in [0.1, 0.15) is 5.01 Å². The van der Waals surface area contributed by atoms with E-state index in [1.807, 2.05) is 26.2 Å². The number of nitrogens with zero attached hydrogens (tertiary/aromatic N) is 2. The molecule has 0 aromatic carbocycles. The summed E-state index contributed by atoms with van der Waals surface area (Å²) in [7, 11) is 3.53. The Balaban J connectivity index is 2.69. The summed E-state index contributed by atoms with van der Waals surface area (Å²) in [6.07, 6.45) is 1.78. The van der Waals surface area contributed by atoms with Gasteiger partial charge < -0.3 is 4.90 Å². The maximum Gasteiger partial charge on any atom is 0.241 e. The molecule has 1 atom stereocenters. The van der Waals surface area contributed by atoms with Crippen LogP contribution in [0.1, 0.15) is 31.8 Å². The standard InChI is InChI=1S/C11H19N3OS/c1-8(9-12-6-7-16-9)13-11(2,3)10(15)14(4)5/h6-8,13H,1-5H3. The van der Waals surface area contributed by atoms with Gasteiger partial charge in [-0.1, -0.05) is 0 Å². The normalized spacial score (nSPS) is 13.6. The zero-order valence-corrected chi connectivity index (χ0v) is 11.3. The summed E-state index contributed by atoms with van der Waals surface area (Å²) in [6, 6.07) is 0.0823. The van der Waals surface area contributed by atoms with E-state index in [9.17, 15) is 4.79 Å². The number of likely N-dealkylation sites (N-methyl/N-ethyl adjacent to an activating group) is 1. The van der Waals surface area contributed by atoms with Gasteiger partial charge >= 0.3 is 0 Å². The number of hydrogen-bond acceptors (Lipinski definition) is 4. The zero-order chi connectivity index (χ0) is 12.3. The molecule has 0 aliphatic heterocycles. The Morgan fingerprint density at radius 3 is 2.62 bits per heavy atom. The van der Waals surface area contributed by atoms with Gasteiger partial charge in [0.15, 0.2) is 0 Å². The van der Waals surface area contributed by atoms with Crippen LogP contribution in [-0.2, 0) is 4.79 Å². The Morgan fingerprint density at radius 1 is 1.56 bits per heavy atom. The Morgan fingerprint density at radius 2 is 2.19 bits per heavy atom. The highest BCUT2D eigenvalue weighted by Gasteiger charge is 2.31. The maximum atomic E-state index is 11.9. The van der Waals surface area contributed by atoms with Gasteiger partial charge in [-0.3, -0.25) is 10.1 Å². The van der Waals surface area contributed by atoms with Crippen molar-refractivity contribution < 1.29 is 4.79 Å². The average Bonchev–Trinajstić information content (AvgIpc) is 2.68. The summed E-state index contributed by atoms with van der Waals surface area (Å²) in [5.41, 5.74) is -0.575. The Kier molecular flexibility index (Phi) is 4.04. The second kappa shape index (κ2) is 4.93. The molecule has 0 bridgehead atoms. The van der Waals surface area contributed by atoms with E-state index in [2.05, 4.69) is 10.3 Å². The number of nitrogens with one attached hydrogen (secondary N) is 1. The van der Waals surface area contributed by atoms with Crippen LogP contribution >= 0.6 is 11.3 Å². The first-order chi connectivity index (χ1) is 7.34. The first kappa shape index (κ1) is 13.1. The van der Waals surface area contributed by atoms with Crippen molar-refractivity contribution in [3.63, 3.8) is 0 Å². The number of rotatable bonds is 4. The van der Waals surface area contributed by atoms with E-state index in [1.54, 1.807) is 36.5 Å². The van der Waals surface area contributed by atoms with Gasteiger partial charge in [0, 0.05) is 25.7 Å². The predicted molar refractivity (Wildman–Crippen MR) is 66.4 cm³/mol. The molecular formula is C11H19N3OS. The molecular weight excluding hydrogens is 222 g/mol. The summed E-state index contributed by atoms with van der Waals surface area (Å²) in [6.45, 7) is 5.79. The summed E-state index contributed by atoms with van der Waals surface area (Å²) in [4.78, 5) is 17.8. The molecule has 1 amide bonds. The number of carbonyl (C=O) groups excluding carboxylic acids is 1. The van der Waals surface area contributed by atoms with E-state index in [-0.39, 0.29) is 11.9 Å². The Labute approximate surface area is 101 Å². The molecule has 1 unspecified atom stereocenters. The first-order valence-corrected chi connectivity index (χ1v) is 6.11. The molecule has 1 aromatic rings. The van der Waals surface area contributed by atoms with Crippen molar-refractivity contribution in [1.82, 2.24) is 15.2 Å². The highest BCUT2D eigenvalue weighted by Crippen LogP contribution is 2.19. The number of thiazole rings is 1. The fraction of sp³-hybridized carbons (Fsp3) is 0.636. The van der Waals surface area contributed by atoms with Crippen molar-refractivity contribution in [2.24, 2.45) is 0 Å².